The molecule has 0 saturated carbocycles. The van der Waals surface area contributed by atoms with Gasteiger partial charge in [0.15, 0.2) is 0 Å². The number of ether oxygens (including phenoxy) is 1. The molecule has 1 heterocycles. The Morgan fingerprint density at radius 2 is 1.64 bits per heavy atom. The molecule has 0 spiro atoms. The molecule has 0 radical (unpaired) electrons. The molecule has 0 fully saturated rings. The monoisotopic (exact) mass is 493 g/mol. The summed E-state index contributed by atoms with van der Waals surface area (Å²) in [7, 11) is 0. The van der Waals surface area contributed by atoms with Gasteiger partial charge in [0.2, 0.25) is 5.91 Å². The minimum atomic E-state index is -0.306. The highest BCUT2D eigenvalue weighted by Gasteiger charge is 2.39. The molecule has 182 valence electrons. The zero-order chi connectivity index (χ0) is 22.3. The molecule has 2 aromatic carbocycles. The van der Waals surface area contributed by atoms with Crippen LogP contribution in [0.5, 0.6) is 5.75 Å². The van der Waals surface area contributed by atoms with Gasteiger partial charge in [0.05, 0.1) is 0 Å². The third kappa shape index (κ3) is 9.01. The third-order valence-electron chi connectivity index (χ3n) is 5.35. The van der Waals surface area contributed by atoms with Gasteiger partial charge >= 0.3 is 0 Å². The van der Waals surface area contributed by atoms with Crippen LogP contribution in [0.25, 0.3) is 0 Å². The molecule has 1 amide bonds. The van der Waals surface area contributed by atoms with Crippen LogP contribution in [-0.4, -0.2) is 30.1 Å². The molecule has 5 nitrogen and oxygen atoms in total. The van der Waals surface area contributed by atoms with E-state index in [0.717, 1.165) is 36.4 Å². The number of carbonyl (C=O) groups excluding carboxylic acids is 1. The van der Waals surface area contributed by atoms with Crippen molar-refractivity contribution >= 4 is 30.7 Å². The fraction of sp³-hybridized carbons (Fsp3) is 0.423. The quantitative estimate of drug-likeness (QED) is 0.416. The molecule has 2 aromatic rings. The zero-order valence-corrected chi connectivity index (χ0v) is 21.6. The number of rotatable bonds is 10. The number of halogens is 2. The van der Waals surface area contributed by atoms with E-state index >= 15 is 0 Å². The summed E-state index contributed by atoms with van der Waals surface area (Å²) in [6, 6.07) is 18.3. The van der Waals surface area contributed by atoms with Crippen molar-refractivity contribution in [2.45, 2.75) is 58.3 Å². The Hall–Kier alpha value is -2.05. The van der Waals surface area contributed by atoms with Gasteiger partial charge in [-0.05, 0) is 63.9 Å². The van der Waals surface area contributed by atoms with Crippen LogP contribution in [0.15, 0.2) is 66.2 Å². The first-order chi connectivity index (χ1) is 14.8. The summed E-state index contributed by atoms with van der Waals surface area (Å²) in [4.78, 5) is 12.6. The Morgan fingerprint density at radius 1 is 0.939 bits per heavy atom. The van der Waals surface area contributed by atoms with Gasteiger partial charge < -0.3 is 15.4 Å². The summed E-state index contributed by atoms with van der Waals surface area (Å²) in [6.45, 7) is 11.1. The first-order valence-corrected chi connectivity index (χ1v) is 11.0. The minimum absolute atomic E-state index is 0. The number of amides is 1. The number of carbonyl (C=O) groups is 1. The molecule has 0 saturated heterocycles. The van der Waals surface area contributed by atoms with E-state index in [0.29, 0.717) is 13.2 Å². The van der Waals surface area contributed by atoms with E-state index in [4.69, 9.17) is 4.74 Å². The second-order valence-electron chi connectivity index (χ2n) is 9.24. The molecule has 0 bridgehead atoms. The molecular weight excluding hydrogens is 457 g/mol. The molecule has 33 heavy (non-hydrogen) atoms. The molecule has 3 N–H and O–H groups in total. The fourth-order valence-electron chi connectivity index (χ4n) is 4.03. The van der Waals surface area contributed by atoms with Crippen LogP contribution < -0.4 is 20.7 Å². The lowest BCUT2D eigenvalue weighted by molar-refractivity contribution is -0.118. The predicted octanol–water partition coefficient (Wildman–Crippen LogP) is 4.79. The fourth-order valence-corrected chi connectivity index (χ4v) is 4.03. The molecule has 7 heteroatoms. The van der Waals surface area contributed by atoms with Crippen molar-refractivity contribution in [3.63, 3.8) is 0 Å². The van der Waals surface area contributed by atoms with Crippen molar-refractivity contribution in [3.8, 4) is 5.75 Å². The smallest absolute Gasteiger partial charge is 0.248 e. The molecule has 0 aromatic heterocycles. The minimum Gasteiger partial charge on any atom is -0.489 e. The van der Waals surface area contributed by atoms with Crippen molar-refractivity contribution in [2.75, 3.05) is 13.1 Å². The van der Waals surface area contributed by atoms with Crippen LogP contribution in [0.1, 0.15) is 45.2 Å². The average molecular weight is 495 g/mol. The Balaban J connectivity index is 0.00000272. The van der Waals surface area contributed by atoms with Crippen molar-refractivity contribution < 1.29 is 9.53 Å². The molecular formula is C26H37Cl2N3O2. The Morgan fingerprint density at radius 3 is 2.30 bits per heavy atom. The maximum Gasteiger partial charge on any atom is 0.248 e. The van der Waals surface area contributed by atoms with Crippen LogP contribution in [0.3, 0.4) is 0 Å². The van der Waals surface area contributed by atoms with Gasteiger partial charge in [-0.3, -0.25) is 10.1 Å². The average Bonchev–Trinajstić information content (AvgIpc) is 2.97. The molecule has 0 unspecified atom stereocenters. The van der Waals surface area contributed by atoms with E-state index < -0.39 is 0 Å². The summed E-state index contributed by atoms with van der Waals surface area (Å²) < 4.78 is 5.90. The summed E-state index contributed by atoms with van der Waals surface area (Å²) in [5, 5.41) is 9.97. The summed E-state index contributed by atoms with van der Waals surface area (Å²) in [5.41, 5.74) is 2.69. The Labute approximate surface area is 210 Å². The van der Waals surface area contributed by atoms with Crippen molar-refractivity contribution in [1.29, 1.82) is 0 Å². The lowest BCUT2D eigenvalue weighted by Gasteiger charge is -2.27. The van der Waals surface area contributed by atoms with Gasteiger partial charge in [-0.2, -0.15) is 0 Å². The number of hydrogen-bond donors (Lipinski definition) is 3. The first-order valence-electron chi connectivity index (χ1n) is 11.0. The zero-order valence-electron chi connectivity index (χ0n) is 19.9. The molecule has 0 atom stereocenters. The van der Waals surface area contributed by atoms with Crippen molar-refractivity contribution in [2.24, 2.45) is 0 Å². The summed E-state index contributed by atoms with van der Waals surface area (Å²) in [6.07, 6.45) is 2.91. The van der Waals surface area contributed by atoms with Crippen LogP contribution in [0.4, 0.5) is 0 Å². The van der Waals surface area contributed by atoms with E-state index in [1.54, 1.807) is 0 Å². The number of hydrogen-bond acceptors (Lipinski definition) is 4. The first kappa shape index (κ1) is 29.0. The van der Waals surface area contributed by atoms with Crippen molar-refractivity contribution in [1.82, 2.24) is 16.0 Å². The van der Waals surface area contributed by atoms with Crippen LogP contribution >= 0.6 is 24.8 Å². The van der Waals surface area contributed by atoms with E-state index in [9.17, 15) is 4.79 Å². The van der Waals surface area contributed by atoms with E-state index in [-0.39, 0.29) is 41.8 Å². The predicted molar refractivity (Wildman–Crippen MR) is 140 cm³/mol. The number of nitrogens with one attached hydrogen (secondary N) is 3. The van der Waals surface area contributed by atoms with Gasteiger partial charge in [0.25, 0.3) is 0 Å². The van der Waals surface area contributed by atoms with Crippen molar-refractivity contribution in [3.05, 3.63) is 77.4 Å². The largest absolute Gasteiger partial charge is 0.489 e. The third-order valence-corrected chi connectivity index (χ3v) is 5.35. The van der Waals surface area contributed by atoms with Crippen LogP contribution in [0.2, 0.25) is 0 Å². The summed E-state index contributed by atoms with van der Waals surface area (Å²) >= 11 is 0. The molecule has 1 aliphatic heterocycles. The van der Waals surface area contributed by atoms with Gasteiger partial charge in [-0.25, -0.2) is 0 Å². The standard InChI is InChI=1S/C26H35N3O2.2ClH/c1-25(2)17-23(26(3,4)29-25)24(30)28-15-9-14-27-18-21-12-8-13-22(16-21)31-19-20-10-6-5-7-11-20;;/h5-8,10-13,16-17,27,29H,9,14-15,18-19H2,1-4H3,(H,28,30);2*1H. The SMILES string of the molecule is CC1(C)C=C(C(=O)NCCCNCc2cccc(OCc3ccccc3)c2)C(C)(C)N1.Cl.Cl. The van der Waals surface area contributed by atoms with Crippen LogP contribution in [0, 0.1) is 0 Å². The number of benzene rings is 2. The van der Waals surface area contributed by atoms with E-state index in [1.165, 1.54) is 5.56 Å². The Bertz CT molecular complexity index is 915. The highest BCUT2D eigenvalue weighted by molar-refractivity contribution is 5.96. The Kier molecular flexibility index (Phi) is 11.4. The lowest BCUT2D eigenvalue weighted by atomic mass is 9.96. The maximum atomic E-state index is 12.6. The van der Waals surface area contributed by atoms with Gasteiger partial charge in [-0.1, -0.05) is 48.5 Å². The van der Waals surface area contributed by atoms with Gasteiger partial charge in [0, 0.05) is 29.7 Å². The maximum absolute atomic E-state index is 12.6. The normalized spacial score (nSPS) is 15.6. The lowest BCUT2D eigenvalue weighted by Crippen LogP contribution is -2.47. The molecule has 1 aliphatic rings. The van der Waals surface area contributed by atoms with Crippen LogP contribution in [-0.2, 0) is 17.9 Å². The molecule has 0 aliphatic carbocycles. The summed E-state index contributed by atoms with van der Waals surface area (Å²) in [5.74, 6) is 0.894. The highest BCUT2D eigenvalue weighted by atomic mass is 35.5. The molecule has 3 rings (SSSR count). The second kappa shape index (κ2) is 13.0. The van der Waals surface area contributed by atoms with E-state index in [2.05, 4.69) is 54.1 Å². The second-order valence-corrected chi connectivity index (χ2v) is 9.24. The highest BCUT2D eigenvalue weighted by Crippen LogP contribution is 2.29. The topological polar surface area (TPSA) is 62.4 Å². The van der Waals surface area contributed by atoms with Gasteiger partial charge in [0.1, 0.15) is 12.4 Å². The van der Waals surface area contributed by atoms with Gasteiger partial charge in [-0.15, -0.1) is 24.8 Å². The van der Waals surface area contributed by atoms with E-state index in [1.807, 2.05) is 50.3 Å².